The third-order valence-electron chi connectivity index (χ3n) is 3.46. The first-order valence-corrected chi connectivity index (χ1v) is 7.56. The van der Waals surface area contributed by atoms with Crippen molar-refractivity contribution in [3.63, 3.8) is 0 Å². The second-order valence-electron chi connectivity index (χ2n) is 5.60. The molecular weight excluding hydrogens is 304 g/mol. The number of urea groups is 1. The average molecular weight is 325 g/mol. The van der Waals surface area contributed by atoms with Crippen molar-refractivity contribution < 1.29 is 9.59 Å². The van der Waals surface area contributed by atoms with Crippen LogP contribution in [-0.2, 0) is 11.3 Å². The molecule has 2 N–H and O–H groups in total. The molecule has 1 aromatic rings. The van der Waals surface area contributed by atoms with Gasteiger partial charge in [-0.2, -0.15) is 0 Å². The van der Waals surface area contributed by atoms with Crippen LogP contribution in [0.4, 0.5) is 4.79 Å². The maximum atomic E-state index is 12.6. The highest BCUT2D eigenvalue weighted by Gasteiger charge is 2.30. The molecule has 0 spiro atoms. The second kappa shape index (κ2) is 7.47. The van der Waals surface area contributed by atoms with Gasteiger partial charge in [0.2, 0.25) is 5.91 Å². The zero-order valence-corrected chi connectivity index (χ0v) is 13.6. The Labute approximate surface area is 135 Å². The Hall–Kier alpha value is -1.79. The molecule has 1 atom stereocenters. The number of carbonyl (C=O) groups excluding carboxylic acids is 2. The van der Waals surface area contributed by atoms with Gasteiger partial charge in [0, 0.05) is 31.2 Å². The van der Waals surface area contributed by atoms with Crippen molar-refractivity contribution in [3.05, 3.63) is 34.9 Å². The molecule has 1 aromatic carbocycles. The first-order chi connectivity index (χ1) is 10.5. The van der Waals surface area contributed by atoms with Crippen molar-refractivity contribution in [3.8, 4) is 0 Å². The van der Waals surface area contributed by atoms with Crippen LogP contribution in [0.15, 0.2) is 24.3 Å². The quantitative estimate of drug-likeness (QED) is 0.817. The van der Waals surface area contributed by atoms with Crippen molar-refractivity contribution in [2.75, 3.05) is 33.7 Å². The maximum Gasteiger partial charge on any atom is 0.315 e. The lowest BCUT2D eigenvalue weighted by Gasteiger charge is -2.26. The minimum Gasteiger partial charge on any atom is -0.336 e. The molecule has 1 fully saturated rings. The molecule has 6 nitrogen and oxygen atoms in total. The highest BCUT2D eigenvalue weighted by Crippen LogP contribution is 2.13. The fourth-order valence-electron chi connectivity index (χ4n) is 2.27. The van der Waals surface area contributed by atoms with Crippen molar-refractivity contribution >= 4 is 23.5 Å². The summed E-state index contributed by atoms with van der Waals surface area (Å²) < 4.78 is 0. The fourth-order valence-corrected chi connectivity index (χ4v) is 2.48. The predicted octanol–water partition coefficient (Wildman–Crippen LogP) is 0.912. The molecule has 2 rings (SSSR count). The molecule has 1 aliphatic rings. The van der Waals surface area contributed by atoms with E-state index in [0.717, 1.165) is 12.1 Å². The standard InChI is InChI=1S/C15H21ClN4O2/c1-19(2)6-7-20(10-11-4-3-5-12(16)8-11)14(21)13-9-17-15(22)18-13/h3-5,8,13H,6-7,9-10H2,1-2H3,(H2,17,18,22). The van der Waals surface area contributed by atoms with E-state index in [9.17, 15) is 9.59 Å². The van der Waals surface area contributed by atoms with Crippen molar-refractivity contribution in [2.45, 2.75) is 12.6 Å². The Morgan fingerprint density at radius 2 is 2.14 bits per heavy atom. The van der Waals surface area contributed by atoms with Crippen LogP contribution < -0.4 is 10.6 Å². The third-order valence-corrected chi connectivity index (χ3v) is 3.70. The first kappa shape index (κ1) is 16.6. The highest BCUT2D eigenvalue weighted by atomic mass is 35.5. The Bertz CT molecular complexity index is 550. The Morgan fingerprint density at radius 3 is 2.73 bits per heavy atom. The van der Waals surface area contributed by atoms with Gasteiger partial charge in [-0.25, -0.2) is 4.79 Å². The summed E-state index contributed by atoms with van der Waals surface area (Å²) >= 11 is 6.00. The largest absolute Gasteiger partial charge is 0.336 e. The van der Waals surface area contributed by atoms with Crippen LogP contribution in [0.5, 0.6) is 0 Å². The Morgan fingerprint density at radius 1 is 1.36 bits per heavy atom. The first-order valence-electron chi connectivity index (χ1n) is 7.18. The van der Waals surface area contributed by atoms with Gasteiger partial charge >= 0.3 is 6.03 Å². The number of likely N-dealkylation sites (N-methyl/N-ethyl adjacent to an activating group) is 1. The van der Waals surface area contributed by atoms with E-state index in [2.05, 4.69) is 10.6 Å². The third kappa shape index (κ3) is 4.61. The summed E-state index contributed by atoms with van der Waals surface area (Å²) in [4.78, 5) is 27.6. The molecule has 1 aliphatic heterocycles. The lowest BCUT2D eigenvalue weighted by Crippen LogP contribution is -2.47. The number of hydrogen-bond donors (Lipinski definition) is 2. The molecule has 7 heteroatoms. The van der Waals surface area contributed by atoms with E-state index in [4.69, 9.17) is 11.6 Å². The summed E-state index contributed by atoms with van der Waals surface area (Å²) in [5, 5.41) is 5.90. The van der Waals surface area contributed by atoms with Gasteiger partial charge in [-0.05, 0) is 31.8 Å². The van der Waals surface area contributed by atoms with E-state index in [1.54, 1.807) is 11.0 Å². The van der Waals surface area contributed by atoms with Gasteiger partial charge in [-0.1, -0.05) is 23.7 Å². The van der Waals surface area contributed by atoms with Crippen LogP contribution >= 0.6 is 11.6 Å². The topological polar surface area (TPSA) is 64.7 Å². The number of carbonyl (C=O) groups is 2. The van der Waals surface area contributed by atoms with E-state index in [-0.39, 0.29) is 11.9 Å². The predicted molar refractivity (Wildman–Crippen MR) is 85.7 cm³/mol. The monoisotopic (exact) mass is 324 g/mol. The number of rotatable bonds is 6. The van der Waals surface area contributed by atoms with Gasteiger partial charge in [0.25, 0.3) is 0 Å². The van der Waals surface area contributed by atoms with Gasteiger partial charge in [0.05, 0.1) is 0 Å². The molecule has 0 radical (unpaired) electrons. The van der Waals surface area contributed by atoms with Crippen LogP contribution in [0.25, 0.3) is 0 Å². The van der Waals surface area contributed by atoms with E-state index in [1.165, 1.54) is 0 Å². The molecule has 0 saturated carbocycles. The van der Waals surface area contributed by atoms with E-state index in [0.29, 0.717) is 24.7 Å². The molecule has 22 heavy (non-hydrogen) atoms. The lowest BCUT2D eigenvalue weighted by molar-refractivity contribution is -0.133. The summed E-state index contributed by atoms with van der Waals surface area (Å²) in [6.07, 6.45) is 0. The molecule has 1 heterocycles. The van der Waals surface area contributed by atoms with Gasteiger partial charge in [0.15, 0.2) is 0 Å². The molecular formula is C15H21ClN4O2. The number of hydrogen-bond acceptors (Lipinski definition) is 3. The minimum atomic E-state index is -0.506. The summed E-state index contributed by atoms with van der Waals surface area (Å²) in [6, 6.07) is 6.65. The van der Waals surface area contributed by atoms with E-state index in [1.807, 2.05) is 37.2 Å². The minimum absolute atomic E-state index is 0.0832. The molecule has 0 aromatic heterocycles. The van der Waals surface area contributed by atoms with Gasteiger partial charge in [-0.15, -0.1) is 0 Å². The molecule has 120 valence electrons. The molecule has 3 amide bonds. The average Bonchev–Trinajstić information content (AvgIpc) is 2.89. The van der Waals surface area contributed by atoms with Gasteiger partial charge < -0.3 is 20.4 Å². The number of nitrogens with zero attached hydrogens (tertiary/aromatic N) is 2. The van der Waals surface area contributed by atoms with Gasteiger partial charge in [0.1, 0.15) is 6.04 Å². The van der Waals surface area contributed by atoms with Crippen LogP contribution in [0.3, 0.4) is 0 Å². The number of benzene rings is 1. The zero-order chi connectivity index (χ0) is 16.1. The van der Waals surface area contributed by atoms with Crippen LogP contribution in [-0.4, -0.2) is 61.5 Å². The normalized spacial score (nSPS) is 17.3. The Kier molecular flexibility index (Phi) is 5.63. The molecule has 1 saturated heterocycles. The van der Waals surface area contributed by atoms with E-state index >= 15 is 0 Å². The second-order valence-corrected chi connectivity index (χ2v) is 6.04. The molecule has 0 bridgehead atoms. The maximum absolute atomic E-state index is 12.6. The fraction of sp³-hybridized carbons (Fsp3) is 0.467. The summed E-state index contributed by atoms with van der Waals surface area (Å²) in [5.41, 5.74) is 0.969. The van der Waals surface area contributed by atoms with Crippen LogP contribution in [0.1, 0.15) is 5.56 Å². The van der Waals surface area contributed by atoms with Crippen molar-refractivity contribution in [1.29, 1.82) is 0 Å². The smallest absolute Gasteiger partial charge is 0.315 e. The number of halogens is 1. The summed E-state index contributed by atoms with van der Waals surface area (Å²) in [6.45, 7) is 2.14. The lowest BCUT2D eigenvalue weighted by atomic mass is 10.2. The van der Waals surface area contributed by atoms with Crippen molar-refractivity contribution in [1.82, 2.24) is 20.4 Å². The molecule has 1 unspecified atom stereocenters. The summed E-state index contributed by atoms with van der Waals surface area (Å²) in [5.74, 6) is -0.0832. The van der Waals surface area contributed by atoms with Crippen LogP contribution in [0.2, 0.25) is 5.02 Å². The summed E-state index contributed by atoms with van der Waals surface area (Å²) in [7, 11) is 3.92. The number of nitrogens with one attached hydrogen (secondary N) is 2. The molecule has 0 aliphatic carbocycles. The zero-order valence-electron chi connectivity index (χ0n) is 12.8. The van der Waals surface area contributed by atoms with Crippen molar-refractivity contribution in [2.24, 2.45) is 0 Å². The Balaban J connectivity index is 2.07. The number of amides is 3. The van der Waals surface area contributed by atoms with E-state index < -0.39 is 6.04 Å². The highest BCUT2D eigenvalue weighted by molar-refractivity contribution is 6.30. The van der Waals surface area contributed by atoms with Crippen LogP contribution in [0, 0.1) is 0 Å². The SMILES string of the molecule is CN(C)CCN(Cc1cccc(Cl)c1)C(=O)C1CNC(=O)N1. The van der Waals surface area contributed by atoms with Gasteiger partial charge in [-0.3, -0.25) is 4.79 Å².